The first kappa shape index (κ1) is 27.8. The molecule has 166 valence electrons. The highest BCUT2D eigenvalue weighted by atomic mass is 28.4. The Hall–Kier alpha value is -0.236. The Balaban J connectivity index is 5.54. The molecule has 4 atom stereocenters. The van der Waals surface area contributed by atoms with Gasteiger partial charge >= 0.3 is 0 Å². The van der Waals surface area contributed by atoms with Crippen molar-refractivity contribution in [2.24, 2.45) is 11.8 Å². The molecule has 0 amide bonds. The van der Waals surface area contributed by atoms with Gasteiger partial charge in [-0.2, -0.15) is 0 Å². The maximum absolute atomic E-state index is 11.6. The molecule has 0 aliphatic heterocycles. The molecule has 0 rings (SSSR count). The van der Waals surface area contributed by atoms with E-state index >= 15 is 0 Å². The molecule has 0 aliphatic rings. The van der Waals surface area contributed by atoms with E-state index in [-0.39, 0.29) is 29.1 Å². The van der Waals surface area contributed by atoms with E-state index < -0.39 is 16.6 Å². The van der Waals surface area contributed by atoms with Gasteiger partial charge in [0.05, 0.1) is 6.10 Å². The van der Waals surface area contributed by atoms with E-state index in [1.165, 1.54) is 5.57 Å². The van der Waals surface area contributed by atoms with Gasteiger partial charge in [-0.05, 0) is 61.6 Å². The van der Waals surface area contributed by atoms with Crippen LogP contribution in [0.2, 0.25) is 36.3 Å². The molecule has 0 bridgehead atoms. The first-order valence-electron chi connectivity index (χ1n) is 11.2. The predicted octanol–water partition coefficient (Wildman–Crippen LogP) is 7.20. The van der Waals surface area contributed by atoms with Gasteiger partial charge in [-0.3, -0.25) is 0 Å². The molecule has 0 aliphatic carbocycles. The van der Waals surface area contributed by atoms with Crippen molar-refractivity contribution in [2.45, 2.75) is 118 Å². The third-order valence-corrected chi connectivity index (χ3v) is 16.2. The van der Waals surface area contributed by atoms with Crippen molar-refractivity contribution in [3.63, 3.8) is 0 Å². The summed E-state index contributed by atoms with van der Waals surface area (Å²) in [6.07, 6.45) is 3.35. The summed E-state index contributed by atoms with van der Waals surface area (Å²) < 4.78 is 13.3. The van der Waals surface area contributed by atoms with Crippen LogP contribution in [0, 0.1) is 11.8 Å². The predicted molar refractivity (Wildman–Crippen MR) is 128 cm³/mol. The number of hydrogen-bond donors (Lipinski definition) is 0. The zero-order chi connectivity index (χ0) is 22.3. The van der Waals surface area contributed by atoms with Crippen LogP contribution in [0.4, 0.5) is 0 Å². The molecule has 3 nitrogen and oxygen atoms in total. The summed E-state index contributed by atoms with van der Waals surface area (Å²) in [5.74, 6) is 0.150. The Kier molecular flexibility index (Phi) is 11.1. The zero-order valence-electron chi connectivity index (χ0n) is 20.8. The van der Waals surface area contributed by atoms with Gasteiger partial charge in [0.15, 0.2) is 16.6 Å². The van der Waals surface area contributed by atoms with Crippen molar-refractivity contribution in [1.29, 1.82) is 0 Å². The summed E-state index contributed by atoms with van der Waals surface area (Å²) in [7, 11) is -3.59. The second-order valence-corrected chi connectivity index (χ2v) is 19.6. The number of carbonyl (C=O) groups is 1. The van der Waals surface area contributed by atoms with E-state index in [1.54, 1.807) is 0 Å². The molecule has 0 heterocycles. The van der Waals surface area contributed by atoms with Gasteiger partial charge in [-0.25, -0.2) is 0 Å². The fourth-order valence-corrected chi connectivity index (χ4v) is 7.79. The van der Waals surface area contributed by atoms with E-state index in [4.69, 9.17) is 8.85 Å². The van der Waals surface area contributed by atoms with Crippen molar-refractivity contribution < 1.29 is 13.6 Å². The van der Waals surface area contributed by atoms with Crippen LogP contribution in [0.3, 0.4) is 0 Å². The highest BCUT2D eigenvalue weighted by molar-refractivity contribution is 6.74. The van der Waals surface area contributed by atoms with Gasteiger partial charge < -0.3 is 13.6 Å². The Morgan fingerprint density at radius 1 is 0.929 bits per heavy atom. The molecule has 0 fully saturated rings. The Bertz CT molecular complexity index is 496. The monoisotopic (exact) mass is 428 g/mol. The number of hydrogen-bond acceptors (Lipinski definition) is 3. The van der Waals surface area contributed by atoms with Crippen LogP contribution in [0.1, 0.15) is 69.2 Å². The molecule has 0 aromatic carbocycles. The Labute approximate surface area is 177 Å². The molecule has 0 saturated heterocycles. The van der Waals surface area contributed by atoms with Gasteiger partial charge in [0.2, 0.25) is 0 Å². The van der Waals surface area contributed by atoms with Gasteiger partial charge in [0, 0.05) is 12.0 Å². The molecule has 0 spiro atoms. The summed E-state index contributed by atoms with van der Waals surface area (Å²) in [6, 6.07) is 3.28. The SMILES string of the molecule is CC[Si](CC)(CC)O[C@@H](/C(C)=C/[C@H](C)[C@@H](C)O[Si](C)(C)C(C)(C)C)[C@@H](C)C=O. The average molecular weight is 429 g/mol. The lowest BCUT2D eigenvalue weighted by molar-refractivity contribution is -0.112. The summed E-state index contributed by atoms with van der Waals surface area (Å²) >= 11 is 0. The second-order valence-electron chi connectivity index (χ2n) is 10.1. The first-order valence-corrected chi connectivity index (χ1v) is 16.6. The minimum absolute atomic E-state index is 0.119. The number of carbonyl (C=O) groups excluding carboxylic acids is 1. The molecule has 28 heavy (non-hydrogen) atoms. The molecule has 5 heteroatoms. The minimum atomic E-state index is -1.80. The van der Waals surface area contributed by atoms with E-state index in [1.807, 2.05) is 6.92 Å². The topological polar surface area (TPSA) is 35.5 Å². The van der Waals surface area contributed by atoms with E-state index in [0.717, 1.165) is 24.4 Å². The molecule has 0 N–H and O–H groups in total. The molecular formula is C23H48O3Si2. The quantitative estimate of drug-likeness (QED) is 0.187. The molecular weight excluding hydrogens is 380 g/mol. The van der Waals surface area contributed by atoms with Crippen molar-refractivity contribution >= 4 is 22.9 Å². The highest BCUT2D eigenvalue weighted by Crippen LogP contribution is 2.38. The maximum Gasteiger partial charge on any atom is 0.192 e. The smallest absolute Gasteiger partial charge is 0.192 e. The van der Waals surface area contributed by atoms with Crippen LogP contribution in [-0.2, 0) is 13.6 Å². The van der Waals surface area contributed by atoms with Crippen LogP contribution >= 0.6 is 0 Å². The normalized spacial score (nSPS) is 18.5. The van der Waals surface area contributed by atoms with Gasteiger partial charge in [0.1, 0.15) is 6.29 Å². The first-order chi connectivity index (χ1) is 12.7. The lowest BCUT2D eigenvalue weighted by Gasteiger charge is -2.40. The summed E-state index contributed by atoms with van der Waals surface area (Å²) in [4.78, 5) is 11.6. The van der Waals surface area contributed by atoms with Gasteiger partial charge in [-0.15, -0.1) is 0 Å². The van der Waals surface area contributed by atoms with Crippen LogP contribution in [-0.4, -0.2) is 35.1 Å². The molecule has 0 unspecified atom stereocenters. The Morgan fingerprint density at radius 3 is 1.75 bits per heavy atom. The third-order valence-electron chi connectivity index (χ3n) is 7.00. The van der Waals surface area contributed by atoms with Crippen molar-refractivity contribution in [1.82, 2.24) is 0 Å². The van der Waals surface area contributed by atoms with Crippen molar-refractivity contribution in [3.05, 3.63) is 11.6 Å². The number of aldehydes is 1. The summed E-state index contributed by atoms with van der Waals surface area (Å²) in [5.41, 5.74) is 1.17. The molecule has 0 aromatic rings. The van der Waals surface area contributed by atoms with Crippen LogP contribution in [0.25, 0.3) is 0 Å². The van der Waals surface area contributed by atoms with Crippen molar-refractivity contribution in [2.75, 3.05) is 0 Å². The van der Waals surface area contributed by atoms with Crippen LogP contribution in [0.15, 0.2) is 11.6 Å². The fraction of sp³-hybridized carbons (Fsp3) is 0.870. The number of rotatable bonds is 12. The van der Waals surface area contributed by atoms with E-state index in [0.29, 0.717) is 0 Å². The Morgan fingerprint density at radius 2 is 1.39 bits per heavy atom. The second kappa shape index (κ2) is 11.2. The summed E-state index contributed by atoms with van der Waals surface area (Å²) in [6.45, 7) is 26.6. The van der Waals surface area contributed by atoms with Crippen LogP contribution in [0.5, 0.6) is 0 Å². The van der Waals surface area contributed by atoms with Gasteiger partial charge in [0.25, 0.3) is 0 Å². The molecule has 0 radical (unpaired) electrons. The lowest BCUT2D eigenvalue weighted by atomic mass is 9.95. The highest BCUT2D eigenvalue weighted by Gasteiger charge is 2.39. The largest absolute Gasteiger partial charge is 0.414 e. The summed E-state index contributed by atoms with van der Waals surface area (Å²) in [5, 5.41) is 0.200. The lowest BCUT2D eigenvalue weighted by Crippen LogP contribution is -2.45. The van der Waals surface area contributed by atoms with E-state index in [2.05, 4.69) is 81.5 Å². The van der Waals surface area contributed by atoms with Crippen molar-refractivity contribution in [3.8, 4) is 0 Å². The molecule has 0 aromatic heterocycles. The fourth-order valence-electron chi connectivity index (χ4n) is 3.35. The maximum atomic E-state index is 11.6. The zero-order valence-corrected chi connectivity index (χ0v) is 22.8. The van der Waals surface area contributed by atoms with Gasteiger partial charge in [-0.1, -0.05) is 61.5 Å². The minimum Gasteiger partial charge on any atom is -0.414 e. The average Bonchev–Trinajstić information content (AvgIpc) is 2.61. The third kappa shape index (κ3) is 7.54. The van der Waals surface area contributed by atoms with Crippen LogP contribution < -0.4 is 0 Å². The van der Waals surface area contributed by atoms with E-state index in [9.17, 15) is 4.79 Å². The standard InChI is InChI=1S/C23H48O3Si2/c1-13-28(14-2,15-3)26-22(20(6)17-24)19(5)16-18(4)21(7)25-27(11,12)23(8,9)10/h16-18,20-22H,13-15H2,1-12H3/b19-16+/t18-,20-,21+,22-/m0/s1. The molecule has 0 saturated carbocycles.